The van der Waals surface area contributed by atoms with Gasteiger partial charge >= 0.3 is 0 Å². The van der Waals surface area contributed by atoms with Crippen molar-refractivity contribution in [2.45, 2.75) is 0 Å². The molecule has 3 aromatic heterocycles. The molecule has 0 saturated carbocycles. The number of methoxy groups -OCH3 is 1. The van der Waals surface area contributed by atoms with Crippen molar-refractivity contribution in [2.24, 2.45) is 0 Å². The number of hydrogen-bond donors (Lipinski definition) is 1. The van der Waals surface area contributed by atoms with Crippen LogP contribution in [-0.2, 0) is 0 Å². The topological polar surface area (TPSA) is 67.6 Å². The molecule has 0 aliphatic heterocycles. The second-order valence-corrected chi connectivity index (χ2v) is 4.68. The second-order valence-electron chi connectivity index (χ2n) is 4.68. The summed E-state index contributed by atoms with van der Waals surface area (Å²) in [6.07, 6.45) is 3.41. The lowest BCUT2D eigenvalue weighted by atomic mass is 10.4. The van der Waals surface area contributed by atoms with Gasteiger partial charge in [0.1, 0.15) is 11.5 Å². The van der Waals surface area contributed by atoms with Gasteiger partial charge in [0, 0.05) is 20.3 Å². The first-order valence-electron chi connectivity index (χ1n) is 6.47. The standard InChI is InChI=1S/C14H16N6O/c1-19(2)12-7-6-11-16-9-13(20(11)18-12)17-10-5-4-8-15-14(10)21-3/h4-9,17H,1-3H3. The van der Waals surface area contributed by atoms with Gasteiger partial charge in [-0.05, 0) is 24.3 Å². The van der Waals surface area contributed by atoms with Crippen molar-refractivity contribution in [1.29, 1.82) is 0 Å². The number of nitrogens with one attached hydrogen (secondary N) is 1. The first-order valence-corrected chi connectivity index (χ1v) is 6.47. The van der Waals surface area contributed by atoms with E-state index in [-0.39, 0.29) is 0 Å². The normalized spacial score (nSPS) is 10.6. The highest BCUT2D eigenvalue weighted by Gasteiger charge is 2.09. The van der Waals surface area contributed by atoms with Crippen LogP contribution in [-0.4, -0.2) is 40.8 Å². The van der Waals surface area contributed by atoms with Crippen molar-refractivity contribution in [3.63, 3.8) is 0 Å². The summed E-state index contributed by atoms with van der Waals surface area (Å²) in [6.45, 7) is 0. The van der Waals surface area contributed by atoms with Crippen LogP contribution in [0.1, 0.15) is 0 Å². The Labute approximate surface area is 122 Å². The molecule has 0 aliphatic rings. The van der Waals surface area contributed by atoms with Crippen LogP contribution in [0.3, 0.4) is 0 Å². The number of aromatic nitrogens is 4. The van der Waals surface area contributed by atoms with Crippen LogP contribution >= 0.6 is 0 Å². The number of imidazole rings is 1. The summed E-state index contributed by atoms with van der Waals surface area (Å²) in [6, 6.07) is 7.58. The molecule has 0 saturated heterocycles. The van der Waals surface area contributed by atoms with E-state index in [1.165, 1.54) is 0 Å². The molecule has 3 rings (SSSR count). The van der Waals surface area contributed by atoms with Crippen molar-refractivity contribution in [2.75, 3.05) is 31.4 Å². The van der Waals surface area contributed by atoms with Gasteiger partial charge < -0.3 is 15.0 Å². The molecule has 108 valence electrons. The maximum Gasteiger partial charge on any atom is 0.237 e. The zero-order valence-electron chi connectivity index (χ0n) is 12.1. The van der Waals surface area contributed by atoms with E-state index in [1.54, 1.807) is 24.0 Å². The predicted octanol–water partition coefficient (Wildman–Crippen LogP) is 1.94. The van der Waals surface area contributed by atoms with Crippen LogP contribution in [0, 0.1) is 0 Å². The summed E-state index contributed by atoms with van der Waals surface area (Å²) in [4.78, 5) is 10.4. The summed E-state index contributed by atoms with van der Waals surface area (Å²) < 4.78 is 6.99. The van der Waals surface area contributed by atoms with Crippen LogP contribution in [0.25, 0.3) is 5.65 Å². The van der Waals surface area contributed by atoms with Gasteiger partial charge in [0.2, 0.25) is 5.88 Å². The molecule has 0 atom stereocenters. The summed E-state index contributed by atoms with van der Waals surface area (Å²) in [5.41, 5.74) is 1.53. The lowest BCUT2D eigenvalue weighted by Gasteiger charge is -2.12. The van der Waals surface area contributed by atoms with Gasteiger partial charge in [0.05, 0.1) is 13.3 Å². The summed E-state index contributed by atoms with van der Waals surface area (Å²) in [5, 5.41) is 7.79. The molecule has 0 unspecified atom stereocenters. The number of pyridine rings is 1. The van der Waals surface area contributed by atoms with Gasteiger partial charge in [0.15, 0.2) is 11.5 Å². The number of ether oxygens (including phenoxy) is 1. The fourth-order valence-electron chi connectivity index (χ4n) is 1.97. The number of anilines is 3. The second kappa shape index (κ2) is 5.28. The zero-order valence-corrected chi connectivity index (χ0v) is 12.1. The van der Waals surface area contributed by atoms with Gasteiger partial charge in [-0.3, -0.25) is 0 Å². The van der Waals surface area contributed by atoms with Crippen LogP contribution in [0.4, 0.5) is 17.3 Å². The fraction of sp³-hybridized carbons (Fsp3) is 0.214. The lowest BCUT2D eigenvalue weighted by molar-refractivity contribution is 0.400. The molecule has 3 aromatic rings. The Bertz CT molecular complexity index is 767. The van der Waals surface area contributed by atoms with E-state index >= 15 is 0 Å². The summed E-state index contributed by atoms with van der Waals surface area (Å²) >= 11 is 0. The molecule has 0 spiro atoms. The molecule has 0 fully saturated rings. The Hall–Kier alpha value is -2.83. The minimum absolute atomic E-state index is 0.524. The molecular formula is C14H16N6O. The van der Waals surface area contributed by atoms with Gasteiger partial charge in [0.25, 0.3) is 0 Å². The molecule has 0 bridgehead atoms. The third kappa shape index (κ3) is 2.45. The average Bonchev–Trinajstić information content (AvgIpc) is 2.90. The Morgan fingerprint density at radius 3 is 2.81 bits per heavy atom. The lowest BCUT2D eigenvalue weighted by Crippen LogP contribution is -2.12. The van der Waals surface area contributed by atoms with E-state index in [0.717, 1.165) is 23.0 Å². The Morgan fingerprint density at radius 2 is 2.05 bits per heavy atom. The van der Waals surface area contributed by atoms with Gasteiger partial charge in [-0.2, -0.15) is 4.52 Å². The maximum absolute atomic E-state index is 5.24. The molecule has 0 aromatic carbocycles. The number of rotatable bonds is 4. The number of fused-ring (bicyclic) bond motifs is 1. The number of hydrogen-bond acceptors (Lipinski definition) is 6. The molecule has 0 radical (unpaired) electrons. The van der Waals surface area contributed by atoms with Crippen molar-refractivity contribution < 1.29 is 4.74 Å². The molecule has 7 heteroatoms. The molecule has 7 nitrogen and oxygen atoms in total. The molecule has 0 amide bonds. The van der Waals surface area contributed by atoms with Crippen LogP contribution < -0.4 is 15.0 Å². The Morgan fingerprint density at radius 1 is 1.19 bits per heavy atom. The quantitative estimate of drug-likeness (QED) is 0.789. The third-order valence-corrected chi connectivity index (χ3v) is 3.03. The van der Waals surface area contributed by atoms with E-state index < -0.39 is 0 Å². The van der Waals surface area contributed by atoms with Crippen molar-refractivity contribution in [3.8, 4) is 5.88 Å². The maximum atomic E-state index is 5.24. The number of nitrogens with zero attached hydrogens (tertiary/aromatic N) is 5. The van der Waals surface area contributed by atoms with Crippen molar-refractivity contribution in [1.82, 2.24) is 19.6 Å². The molecule has 21 heavy (non-hydrogen) atoms. The van der Waals surface area contributed by atoms with Gasteiger partial charge in [-0.15, -0.1) is 5.10 Å². The first kappa shape index (κ1) is 13.2. The van der Waals surface area contributed by atoms with Gasteiger partial charge in [-0.25, -0.2) is 9.97 Å². The highest BCUT2D eigenvalue weighted by Crippen LogP contribution is 2.25. The predicted molar refractivity (Wildman–Crippen MR) is 81.4 cm³/mol. The van der Waals surface area contributed by atoms with Gasteiger partial charge in [-0.1, -0.05) is 0 Å². The Balaban J connectivity index is 2.02. The zero-order chi connectivity index (χ0) is 14.8. The van der Waals surface area contributed by atoms with Crippen molar-refractivity contribution in [3.05, 3.63) is 36.7 Å². The molecule has 3 heterocycles. The average molecular weight is 284 g/mol. The van der Waals surface area contributed by atoms with Crippen LogP contribution in [0.2, 0.25) is 0 Å². The smallest absolute Gasteiger partial charge is 0.237 e. The van der Waals surface area contributed by atoms with Crippen LogP contribution in [0.15, 0.2) is 36.7 Å². The minimum atomic E-state index is 0.524. The van der Waals surface area contributed by atoms with Crippen LogP contribution in [0.5, 0.6) is 5.88 Å². The Kier molecular flexibility index (Phi) is 3.31. The third-order valence-electron chi connectivity index (χ3n) is 3.03. The van der Waals surface area contributed by atoms with E-state index in [1.807, 2.05) is 43.3 Å². The van der Waals surface area contributed by atoms with E-state index in [4.69, 9.17) is 4.74 Å². The van der Waals surface area contributed by atoms with E-state index in [2.05, 4.69) is 20.4 Å². The first-order chi connectivity index (χ1) is 10.2. The highest BCUT2D eigenvalue weighted by molar-refractivity contribution is 5.64. The van der Waals surface area contributed by atoms with E-state index in [9.17, 15) is 0 Å². The summed E-state index contributed by atoms with van der Waals surface area (Å²) in [7, 11) is 5.48. The minimum Gasteiger partial charge on any atom is -0.480 e. The monoisotopic (exact) mass is 284 g/mol. The largest absolute Gasteiger partial charge is 0.480 e. The molecular weight excluding hydrogens is 268 g/mol. The van der Waals surface area contributed by atoms with E-state index in [0.29, 0.717) is 5.88 Å². The SMILES string of the molecule is COc1ncccc1Nc1cnc2ccc(N(C)C)nn12. The summed E-state index contributed by atoms with van der Waals surface area (Å²) in [5.74, 6) is 2.12. The molecule has 0 aliphatic carbocycles. The highest BCUT2D eigenvalue weighted by atomic mass is 16.5. The fourth-order valence-corrected chi connectivity index (χ4v) is 1.97. The van der Waals surface area contributed by atoms with Crippen molar-refractivity contribution >= 4 is 23.0 Å². The molecule has 1 N–H and O–H groups in total.